The lowest BCUT2D eigenvalue weighted by Crippen LogP contribution is -2.26. The molecule has 3 aromatic carbocycles. The number of benzene rings is 3. The Balaban J connectivity index is 1.45. The Morgan fingerprint density at radius 3 is 2.18 bits per heavy atom. The monoisotopic (exact) mass is 510 g/mol. The summed E-state index contributed by atoms with van der Waals surface area (Å²) in [5.41, 5.74) is 6.01. The van der Waals surface area contributed by atoms with Crippen molar-refractivity contribution in [2.24, 2.45) is 5.92 Å². The average molecular weight is 511 g/mol. The Hall–Kier alpha value is -3.73. The van der Waals surface area contributed by atoms with E-state index in [2.05, 4.69) is 74.7 Å². The maximum absolute atomic E-state index is 13.8. The summed E-state index contributed by atoms with van der Waals surface area (Å²) in [6.07, 6.45) is 2.37. The number of ether oxygens (including phenoxy) is 2. The van der Waals surface area contributed by atoms with Crippen molar-refractivity contribution < 1.29 is 14.3 Å². The lowest BCUT2D eigenvalue weighted by molar-refractivity contribution is -0.116. The molecule has 2 N–H and O–H groups in total. The Kier molecular flexibility index (Phi) is 7.73. The molecule has 0 fully saturated rings. The molecule has 0 saturated heterocycles. The Labute approximate surface area is 226 Å². The van der Waals surface area contributed by atoms with Gasteiger partial charge in [-0.2, -0.15) is 0 Å². The van der Waals surface area contributed by atoms with Crippen molar-refractivity contribution in [2.45, 2.75) is 65.0 Å². The van der Waals surface area contributed by atoms with Crippen molar-refractivity contribution in [3.63, 3.8) is 0 Å². The van der Waals surface area contributed by atoms with Crippen molar-refractivity contribution in [3.8, 4) is 11.5 Å². The molecule has 0 bridgehead atoms. The third kappa shape index (κ3) is 5.72. The van der Waals surface area contributed by atoms with Crippen molar-refractivity contribution in [2.75, 3.05) is 17.2 Å². The molecule has 3 unspecified atom stereocenters. The molecule has 5 rings (SSSR count). The zero-order valence-electron chi connectivity index (χ0n) is 22.8. The molecule has 3 atom stereocenters. The van der Waals surface area contributed by atoms with Crippen LogP contribution < -0.4 is 20.1 Å². The van der Waals surface area contributed by atoms with Crippen LogP contribution >= 0.6 is 0 Å². The molecule has 0 spiro atoms. The average Bonchev–Trinajstić information content (AvgIpc) is 3.09. The summed E-state index contributed by atoms with van der Waals surface area (Å²) in [5, 5.41) is 7.29. The van der Waals surface area contributed by atoms with E-state index in [0.29, 0.717) is 18.9 Å². The van der Waals surface area contributed by atoms with Crippen molar-refractivity contribution in [3.05, 3.63) is 95.2 Å². The highest BCUT2D eigenvalue weighted by Crippen LogP contribution is 2.44. The summed E-state index contributed by atoms with van der Waals surface area (Å²) < 4.78 is 11.9. The fourth-order valence-electron chi connectivity index (χ4n) is 5.13. The molecule has 1 aliphatic carbocycles. The minimum Gasteiger partial charge on any atom is -0.493 e. The van der Waals surface area contributed by atoms with Crippen molar-refractivity contribution >= 4 is 17.2 Å². The number of nitrogens with one attached hydrogen (secondary N) is 2. The smallest absolute Gasteiger partial charge is 0.163 e. The molecule has 198 valence electrons. The van der Waals surface area contributed by atoms with Gasteiger partial charge in [-0.25, -0.2) is 0 Å². The molecule has 5 nitrogen and oxygen atoms in total. The van der Waals surface area contributed by atoms with E-state index in [1.807, 2.05) is 36.4 Å². The van der Waals surface area contributed by atoms with Crippen LogP contribution in [-0.2, 0) is 4.79 Å². The van der Waals surface area contributed by atoms with Gasteiger partial charge in [0.15, 0.2) is 5.78 Å². The molecule has 0 aromatic heterocycles. The standard InChI is InChI=1S/C33H38N2O3/c1-5-22(4)38-27-16-12-24(13-17-27)33-32-30(34-28-8-6-7-9-29(28)35-33)18-25(19-31(32)36)23-10-14-26(15-11-23)37-20-21(2)3/h6-17,21-22,25,33-35H,5,18-20H2,1-4H3. The van der Waals surface area contributed by atoms with Gasteiger partial charge in [-0.15, -0.1) is 0 Å². The van der Waals surface area contributed by atoms with Gasteiger partial charge in [-0.3, -0.25) is 4.79 Å². The number of rotatable bonds is 8. The minimum atomic E-state index is -0.237. The maximum Gasteiger partial charge on any atom is 0.163 e. The lowest BCUT2D eigenvalue weighted by atomic mass is 9.78. The summed E-state index contributed by atoms with van der Waals surface area (Å²) in [6, 6.07) is 24.3. The van der Waals surface area contributed by atoms with Crippen LogP contribution in [0.4, 0.5) is 11.4 Å². The number of allylic oxidation sites excluding steroid dienone is 1. The third-order valence-corrected chi connectivity index (χ3v) is 7.37. The van der Waals surface area contributed by atoms with Crippen LogP contribution in [0.15, 0.2) is 84.1 Å². The molecular weight excluding hydrogens is 472 g/mol. The SMILES string of the molecule is CCC(C)Oc1ccc(C2Nc3ccccc3NC3=C2C(=O)CC(c2ccc(OCC(C)C)cc2)C3)cc1. The molecule has 2 aliphatic rings. The highest BCUT2D eigenvalue weighted by Gasteiger charge is 2.36. The van der Waals surface area contributed by atoms with Crippen LogP contribution in [-0.4, -0.2) is 18.5 Å². The van der Waals surface area contributed by atoms with Gasteiger partial charge in [-0.05, 0) is 79.1 Å². The van der Waals surface area contributed by atoms with E-state index in [1.54, 1.807) is 0 Å². The Morgan fingerprint density at radius 2 is 1.50 bits per heavy atom. The van der Waals surface area contributed by atoms with Gasteiger partial charge in [0.25, 0.3) is 0 Å². The quantitative estimate of drug-likeness (QED) is 0.323. The molecule has 1 aliphatic heterocycles. The van der Waals surface area contributed by atoms with Gasteiger partial charge < -0.3 is 20.1 Å². The Morgan fingerprint density at radius 1 is 0.842 bits per heavy atom. The van der Waals surface area contributed by atoms with Crippen molar-refractivity contribution in [1.29, 1.82) is 0 Å². The van der Waals surface area contributed by atoms with Crippen LogP contribution in [0.3, 0.4) is 0 Å². The second-order valence-corrected chi connectivity index (χ2v) is 10.8. The normalized spacial score (nSPS) is 19.6. The summed E-state index contributed by atoms with van der Waals surface area (Å²) in [5.74, 6) is 2.49. The first-order valence-electron chi connectivity index (χ1n) is 13.8. The predicted octanol–water partition coefficient (Wildman–Crippen LogP) is 7.88. The number of hydrogen-bond donors (Lipinski definition) is 2. The number of ketones is 1. The van der Waals surface area contributed by atoms with Crippen LogP contribution in [0.2, 0.25) is 0 Å². The lowest BCUT2D eigenvalue weighted by Gasteiger charge is -2.30. The second kappa shape index (κ2) is 11.3. The summed E-state index contributed by atoms with van der Waals surface area (Å²) in [6.45, 7) is 9.17. The van der Waals surface area contributed by atoms with E-state index >= 15 is 0 Å². The first kappa shape index (κ1) is 25.9. The predicted molar refractivity (Wildman–Crippen MR) is 154 cm³/mol. The number of Topliss-reactive ketones (excluding diaryl/α,β-unsaturated/α-hetero) is 1. The molecule has 5 heteroatoms. The first-order chi connectivity index (χ1) is 18.4. The highest BCUT2D eigenvalue weighted by molar-refractivity contribution is 6.01. The number of para-hydroxylation sites is 2. The zero-order valence-corrected chi connectivity index (χ0v) is 22.8. The maximum atomic E-state index is 13.8. The zero-order chi connectivity index (χ0) is 26.6. The van der Waals surface area contributed by atoms with E-state index in [-0.39, 0.29) is 23.8 Å². The fraction of sp³-hybridized carbons (Fsp3) is 0.364. The molecule has 3 aromatic rings. The van der Waals surface area contributed by atoms with E-state index in [4.69, 9.17) is 9.47 Å². The topological polar surface area (TPSA) is 59.6 Å². The van der Waals surface area contributed by atoms with Crippen LogP contribution in [0, 0.1) is 5.92 Å². The fourth-order valence-corrected chi connectivity index (χ4v) is 5.13. The van der Waals surface area contributed by atoms with Gasteiger partial charge in [0.05, 0.1) is 30.1 Å². The van der Waals surface area contributed by atoms with Gasteiger partial charge in [-0.1, -0.05) is 57.2 Å². The van der Waals surface area contributed by atoms with Crippen LogP contribution in [0.5, 0.6) is 11.5 Å². The Bertz CT molecular complexity index is 1290. The second-order valence-electron chi connectivity index (χ2n) is 10.8. The largest absolute Gasteiger partial charge is 0.493 e. The molecule has 0 amide bonds. The number of anilines is 2. The highest BCUT2D eigenvalue weighted by atomic mass is 16.5. The molecule has 0 radical (unpaired) electrons. The van der Waals surface area contributed by atoms with Crippen LogP contribution in [0.1, 0.15) is 70.0 Å². The van der Waals surface area contributed by atoms with Gasteiger partial charge in [0.2, 0.25) is 0 Å². The van der Waals surface area contributed by atoms with Gasteiger partial charge >= 0.3 is 0 Å². The number of hydrogen-bond acceptors (Lipinski definition) is 5. The summed E-state index contributed by atoms with van der Waals surface area (Å²) in [7, 11) is 0. The van der Waals surface area contributed by atoms with E-state index in [9.17, 15) is 4.79 Å². The molecule has 0 saturated carbocycles. The van der Waals surface area contributed by atoms with Gasteiger partial charge in [0, 0.05) is 17.7 Å². The van der Waals surface area contributed by atoms with Crippen molar-refractivity contribution in [1.82, 2.24) is 0 Å². The number of carbonyl (C=O) groups excluding carboxylic acids is 1. The van der Waals surface area contributed by atoms with E-state index in [0.717, 1.165) is 58.1 Å². The minimum absolute atomic E-state index is 0.116. The van der Waals surface area contributed by atoms with E-state index < -0.39 is 0 Å². The van der Waals surface area contributed by atoms with Crippen LogP contribution in [0.25, 0.3) is 0 Å². The molecular formula is C33H38N2O3. The first-order valence-corrected chi connectivity index (χ1v) is 13.8. The summed E-state index contributed by atoms with van der Waals surface area (Å²) >= 11 is 0. The molecule has 38 heavy (non-hydrogen) atoms. The summed E-state index contributed by atoms with van der Waals surface area (Å²) in [4.78, 5) is 13.8. The number of carbonyl (C=O) groups is 1. The van der Waals surface area contributed by atoms with E-state index in [1.165, 1.54) is 0 Å². The molecule has 1 heterocycles. The number of fused-ring (bicyclic) bond motifs is 1. The van der Waals surface area contributed by atoms with Gasteiger partial charge in [0.1, 0.15) is 11.5 Å². The third-order valence-electron chi connectivity index (χ3n) is 7.37.